The number of nitrogens with one attached hydrogen (secondary N) is 3. The molecule has 30 heavy (non-hydrogen) atoms. The summed E-state index contributed by atoms with van der Waals surface area (Å²) < 4.78 is 6.05. The molecule has 0 bridgehead atoms. The summed E-state index contributed by atoms with van der Waals surface area (Å²) in [5.41, 5.74) is 1.82. The molecule has 0 radical (unpaired) electrons. The number of carbonyl (C=O) groups excluding carboxylic acids is 3. The predicted molar refractivity (Wildman–Crippen MR) is 119 cm³/mol. The van der Waals surface area contributed by atoms with E-state index in [0.29, 0.717) is 18.7 Å². The average Bonchev–Trinajstić information content (AvgIpc) is 2.66. The normalized spacial score (nSPS) is 10.8. The summed E-state index contributed by atoms with van der Waals surface area (Å²) in [6.45, 7) is 5.44. The Morgan fingerprint density at radius 2 is 1.47 bits per heavy atom. The Hall–Kier alpha value is -2.87. The van der Waals surface area contributed by atoms with Crippen molar-refractivity contribution in [2.45, 2.75) is 39.3 Å². The Morgan fingerprint density at radius 1 is 0.867 bits per heavy atom. The van der Waals surface area contributed by atoms with E-state index in [1.165, 1.54) is 0 Å². The van der Waals surface area contributed by atoms with Gasteiger partial charge in [-0.05, 0) is 56.2 Å². The molecule has 3 N–H and O–H groups in total. The topological polar surface area (TPSA) is 96.5 Å². The van der Waals surface area contributed by atoms with Crippen LogP contribution in [-0.2, 0) is 27.3 Å². The van der Waals surface area contributed by atoms with Crippen molar-refractivity contribution in [3.05, 3.63) is 64.1 Å². The number of halogens is 1. The quantitative estimate of drug-likeness (QED) is 0.567. The van der Waals surface area contributed by atoms with Gasteiger partial charge in [0.15, 0.2) is 0 Å². The van der Waals surface area contributed by atoms with Crippen LogP contribution in [0.4, 0.5) is 10.5 Å². The van der Waals surface area contributed by atoms with E-state index in [1.54, 1.807) is 32.9 Å². The monoisotopic (exact) mass is 475 g/mol. The largest absolute Gasteiger partial charge is 0.444 e. The van der Waals surface area contributed by atoms with Gasteiger partial charge in [0.1, 0.15) is 12.1 Å². The predicted octanol–water partition coefficient (Wildman–Crippen LogP) is 3.77. The van der Waals surface area contributed by atoms with E-state index in [1.807, 2.05) is 36.4 Å². The zero-order valence-electron chi connectivity index (χ0n) is 17.3. The second-order valence-electron chi connectivity index (χ2n) is 7.68. The van der Waals surface area contributed by atoms with Gasteiger partial charge in [0.2, 0.25) is 11.8 Å². The molecule has 0 saturated heterocycles. The second kappa shape index (κ2) is 10.8. The van der Waals surface area contributed by atoms with E-state index in [4.69, 9.17) is 4.74 Å². The van der Waals surface area contributed by atoms with E-state index in [2.05, 4.69) is 31.9 Å². The van der Waals surface area contributed by atoms with Crippen molar-refractivity contribution in [2.24, 2.45) is 0 Å². The van der Waals surface area contributed by atoms with E-state index < -0.39 is 11.7 Å². The molecule has 8 heteroatoms. The molecule has 0 fully saturated rings. The van der Waals surface area contributed by atoms with E-state index in [0.717, 1.165) is 15.6 Å². The van der Waals surface area contributed by atoms with Gasteiger partial charge in [-0.1, -0.05) is 40.2 Å². The molecular weight excluding hydrogens is 450 g/mol. The average molecular weight is 476 g/mol. The third kappa shape index (κ3) is 9.09. The molecule has 0 unspecified atom stereocenters. The first kappa shape index (κ1) is 23.4. The van der Waals surface area contributed by atoms with Crippen molar-refractivity contribution in [1.29, 1.82) is 0 Å². The number of ether oxygens (including phenoxy) is 1. The molecule has 0 aliphatic carbocycles. The highest BCUT2D eigenvalue weighted by Gasteiger charge is 2.16. The maximum atomic E-state index is 12.1. The van der Waals surface area contributed by atoms with Crippen LogP contribution >= 0.6 is 15.9 Å². The summed E-state index contributed by atoms with van der Waals surface area (Å²) in [6, 6.07) is 14.7. The Morgan fingerprint density at radius 3 is 2.07 bits per heavy atom. The smallest absolute Gasteiger partial charge is 0.408 e. The summed E-state index contributed by atoms with van der Waals surface area (Å²) >= 11 is 3.37. The summed E-state index contributed by atoms with van der Waals surface area (Å²) in [5, 5.41) is 7.97. The van der Waals surface area contributed by atoms with E-state index in [9.17, 15) is 14.4 Å². The number of benzene rings is 2. The molecule has 2 aromatic rings. The molecule has 2 aromatic carbocycles. The fourth-order valence-electron chi connectivity index (χ4n) is 2.43. The van der Waals surface area contributed by atoms with Gasteiger partial charge >= 0.3 is 6.09 Å². The van der Waals surface area contributed by atoms with Gasteiger partial charge in [0, 0.05) is 16.7 Å². The Balaban J connectivity index is 1.73. The lowest BCUT2D eigenvalue weighted by molar-refractivity contribution is -0.120. The van der Waals surface area contributed by atoms with E-state index >= 15 is 0 Å². The first-order chi connectivity index (χ1) is 14.1. The number of carbonyl (C=O) groups is 3. The van der Waals surface area contributed by atoms with Crippen molar-refractivity contribution in [3.8, 4) is 0 Å². The zero-order valence-corrected chi connectivity index (χ0v) is 18.8. The minimum atomic E-state index is -0.646. The number of anilines is 1. The van der Waals surface area contributed by atoms with Crippen molar-refractivity contribution in [2.75, 3.05) is 11.9 Å². The first-order valence-corrected chi connectivity index (χ1v) is 10.3. The lowest BCUT2D eigenvalue weighted by Gasteiger charge is -2.19. The molecule has 0 spiro atoms. The maximum Gasteiger partial charge on any atom is 0.408 e. The summed E-state index contributed by atoms with van der Waals surface area (Å²) in [5.74, 6) is -0.431. The van der Waals surface area contributed by atoms with Crippen LogP contribution in [-0.4, -0.2) is 30.1 Å². The highest BCUT2D eigenvalue weighted by molar-refractivity contribution is 9.10. The maximum absolute atomic E-state index is 12.1. The van der Waals surface area contributed by atoms with Crippen molar-refractivity contribution in [3.63, 3.8) is 0 Å². The Kier molecular flexibility index (Phi) is 8.41. The SMILES string of the molecule is CC(C)(C)OC(=O)NCC(=O)Nc1ccc(CNC(=O)Cc2ccc(Br)cc2)cc1. The fourth-order valence-corrected chi connectivity index (χ4v) is 2.69. The van der Waals surface area contributed by atoms with E-state index in [-0.39, 0.29) is 18.4 Å². The lowest BCUT2D eigenvalue weighted by Crippen LogP contribution is -2.37. The number of alkyl carbamates (subject to hydrolysis) is 1. The van der Waals surface area contributed by atoms with Gasteiger partial charge in [-0.2, -0.15) is 0 Å². The molecule has 160 valence electrons. The summed E-state index contributed by atoms with van der Waals surface area (Å²) in [4.78, 5) is 35.6. The highest BCUT2D eigenvalue weighted by atomic mass is 79.9. The minimum absolute atomic E-state index is 0.0667. The highest BCUT2D eigenvalue weighted by Crippen LogP contribution is 2.12. The number of hydrogen-bond acceptors (Lipinski definition) is 4. The van der Waals surface area contributed by atoms with Gasteiger partial charge in [-0.25, -0.2) is 4.79 Å². The van der Waals surface area contributed by atoms with Gasteiger partial charge < -0.3 is 20.7 Å². The van der Waals surface area contributed by atoms with Crippen LogP contribution in [0.5, 0.6) is 0 Å². The molecule has 2 rings (SSSR count). The molecule has 3 amide bonds. The Labute approximate surface area is 184 Å². The van der Waals surface area contributed by atoms with Gasteiger partial charge in [0.05, 0.1) is 6.42 Å². The van der Waals surface area contributed by atoms with Crippen LogP contribution in [0.3, 0.4) is 0 Å². The number of hydrogen-bond donors (Lipinski definition) is 3. The minimum Gasteiger partial charge on any atom is -0.444 e. The molecule has 0 saturated carbocycles. The zero-order chi connectivity index (χ0) is 22.1. The van der Waals surface area contributed by atoms with Crippen LogP contribution in [0.25, 0.3) is 0 Å². The third-order valence-corrected chi connectivity index (χ3v) is 4.33. The summed E-state index contributed by atoms with van der Waals surface area (Å²) in [6.07, 6.45) is -0.335. The molecule has 7 nitrogen and oxygen atoms in total. The van der Waals surface area contributed by atoms with Crippen molar-refractivity contribution < 1.29 is 19.1 Å². The number of rotatable bonds is 7. The lowest BCUT2D eigenvalue weighted by atomic mass is 10.1. The Bertz CT molecular complexity index is 875. The molecule has 0 heterocycles. The van der Waals surface area contributed by atoms with Crippen molar-refractivity contribution >= 4 is 39.5 Å². The van der Waals surface area contributed by atoms with Crippen LogP contribution in [0.2, 0.25) is 0 Å². The van der Waals surface area contributed by atoms with Gasteiger partial charge in [-0.15, -0.1) is 0 Å². The van der Waals surface area contributed by atoms with Gasteiger partial charge in [0.25, 0.3) is 0 Å². The van der Waals surface area contributed by atoms with Crippen LogP contribution < -0.4 is 16.0 Å². The van der Waals surface area contributed by atoms with Crippen LogP contribution in [0, 0.1) is 0 Å². The van der Waals surface area contributed by atoms with Crippen molar-refractivity contribution in [1.82, 2.24) is 10.6 Å². The molecular formula is C22H26BrN3O4. The standard InChI is InChI=1S/C22H26BrN3O4/c1-22(2,3)30-21(29)25-14-20(28)26-18-10-6-16(7-11-18)13-24-19(27)12-15-4-8-17(23)9-5-15/h4-11H,12-14H2,1-3H3,(H,24,27)(H,25,29)(H,26,28). The van der Waals surface area contributed by atoms with Crippen LogP contribution in [0.1, 0.15) is 31.9 Å². The van der Waals surface area contributed by atoms with Crippen LogP contribution in [0.15, 0.2) is 53.0 Å². The first-order valence-electron chi connectivity index (χ1n) is 9.47. The number of amides is 3. The molecule has 0 aliphatic heterocycles. The van der Waals surface area contributed by atoms with Gasteiger partial charge in [-0.3, -0.25) is 9.59 Å². The molecule has 0 aliphatic rings. The third-order valence-electron chi connectivity index (χ3n) is 3.80. The second-order valence-corrected chi connectivity index (χ2v) is 8.60. The molecule has 0 atom stereocenters. The fraction of sp³-hybridized carbons (Fsp3) is 0.318. The molecule has 0 aromatic heterocycles. The summed E-state index contributed by atoms with van der Waals surface area (Å²) in [7, 11) is 0.